The minimum atomic E-state index is -2.14. The summed E-state index contributed by atoms with van der Waals surface area (Å²) in [7, 11) is -2.14. The van der Waals surface area contributed by atoms with E-state index in [1.54, 1.807) is 0 Å². The first kappa shape index (κ1) is 22.7. The summed E-state index contributed by atoms with van der Waals surface area (Å²) in [5, 5.41) is 6.64. The molecule has 4 aromatic rings. The predicted molar refractivity (Wildman–Crippen MR) is 150 cm³/mol. The molecule has 0 spiro atoms. The summed E-state index contributed by atoms with van der Waals surface area (Å²) in [5.41, 5.74) is 17.4. The van der Waals surface area contributed by atoms with Gasteiger partial charge in [0.1, 0.15) is 8.07 Å². The van der Waals surface area contributed by atoms with E-state index < -0.39 is 8.07 Å². The van der Waals surface area contributed by atoms with E-state index in [2.05, 4.69) is 138 Å². The third-order valence-electron chi connectivity index (χ3n) is 6.75. The molecule has 0 N–H and O–H groups in total. The van der Waals surface area contributed by atoms with Crippen LogP contribution in [0.1, 0.15) is 27.8 Å². The van der Waals surface area contributed by atoms with E-state index in [0.717, 1.165) is 5.56 Å². The number of nitrogens with zero attached hydrogens (tertiary/aromatic N) is 3. The monoisotopic (exact) mass is 469 g/mol. The van der Waals surface area contributed by atoms with Gasteiger partial charge in [-0.25, -0.2) is 0 Å². The first-order chi connectivity index (χ1) is 17.1. The highest BCUT2D eigenvalue weighted by molar-refractivity contribution is 7.13. The smallest absolute Gasteiger partial charge is 0.0893 e. The van der Waals surface area contributed by atoms with E-state index in [0.29, 0.717) is 6.54 Å². The molecule has 35 heavy (non-hydrogen) atoms. The lowest BCUT2D eigenvalue weighted by molar-refractivity contribution is 1.05. The van der Waals surface area contributed by atoms with E-state index in [1.165, 1.54) is 43.8 Å². The first-order valence-corrected chi connectivity index (χ1v) is 14.9. The van der Waals surface area contributed by atoms with Gasteiger partial charge < -0.3 is 0 Å². The van der Waals surface area contributed by atoms with Crippen LogP contribution < -0.4 is 0 Å². The van der Waals surface area contributed by atoms with Crippen molar-refractivity contribution in [1.29, 1.82) is 0 Å². The Bertz CT molecular complexity index is 1450. The van der Waals surface area contributed by atoms with Gasteiger partial charge in [0.2, 0.25) is 0 Å². The molecule has 0 aromatic heterocycles. The second-order valence-electron chi connectivity index (χ2n) is 9.31. The lowest BCUT2D eigenvalue weighted by Gasteiger charge is -2.26. The largest absolute Gasteiger partial charge is 0.115 e. The van der Waals surface area contributed by atoms with Crippen molar-refractivity contribution in [3.63, 3.8) is 0 Å². The molecule has 1 heterocycles. The maximum Gasteiger partial charge on any atom is 0.115 e. The molecule has 0 radical (unpaired) electrons. The van der Waals surface area contributed by atoms with Crippen LogP contribution in [0.5, 0.6) is 0 Å². The third-order valence-corrected chi connectivity index (χ3v) is 10.3. The molecule has 4 aromatic carbocycles. The molecule has 0 unspecified atom stereocenters. The molecule has 4 heteroatoms. The van der Waals surface area contributed by atoms with Gasteiger partial charge in [-0.2, -0.15) is 0 Å². The number of rotatable bonds is 6. The van der Waals surface area contributed by atoms with Crippen molar-refractivity contribution >= 4 is 29.6 Å². The van der Waals surface area contributed by atoms with Crippen molar-refractivity contribution < 1.29 is 0 Å². The van der Waals surface area contributed by atoms with Crippen molar-refractivity contribution in [2.45, 2.75) is 19.6 Å². The van der Waals surface area contributed by atoms with Crippen LogP contribution in [0.2, 0.25) is 13.1 Å². The third kappa shape index (κ3) is 4.26. The number of hydrogen-bond donors (Lipinski definition) is 0. The molecule has 0 saturated carbocycles. The van der Waals surface area contributed by atoms with Gasteiger partial charge in [-0.1, -0.05) is 133 Å². The van der Waals surface area contributed by atoms with Gasteiger partial charge in [0.15, 0.2) is 0 Å². The molecule has 1 aliphatic heterocycles. The highest BCUT2D eigenvalue weighted by Gasteiger charge is 2.43. The summed E-state index contributed by atoms with van der Waals surface area (Å²) >= 11 is 0. The van der Waals surface area contributed by atoms with Crippen LogP contribution in [-0.4, -0.2) is 8.07 Å². The predicted octanol–water partition coefficient (Wildman–Crippen LogP) is 8.82. The average molecular weight is 470 g/mol. The second kappa shape index (κ2) is 9.63. The van der Waals surface area contributed by atoms with Crippen LogP contribution in [0.15, 0.2) is 120 Å². The van der Waals surface area contributed by atoms with Crippen LogP contribution in [0.3, 0.4) is 0 Å². The Morgan fingerprint density at radius 3 is 1.40 bits per heavy atom. The standard InChI is InChI=1S/C31H27N3Si/c1-35(2)30(26-16-10-5-11-17-26)28(24-12-6-3-7-13-24)29(25-14-8-4-9-15-25)31(35)27-20-18-23(19-21-27)22-33-34-32/h3-21H,22H2,1-2H3. The Morgan fingerprint density at radius 1 is 0.571 bits per heavy atom. The molecule has 3 nitrogen and oxygen atoms in total. The van der Waals surface area contributed by atoms with Crippen molar-refractivity contribution in [3.8, 4) is 0 Å². The van der Waals surface area contributed by atoms with Gasteiger partial charge >= 0.3 is 0 Å². The van der Waals surface area contributed by atoms with E-state index >= 15 is 0 Å². The number of hydrogen-bond acceptors (Lipinski definition) is 1. The minimum Gasteiger partial charge on any atom is -0.0893 e. The SMILES string of the molecule is C[Si]1(C)C(c2ccccc2)=C(c2ccccc2)C(c2ccccc2)=C1c1ccc(CN=[N+]=[N-])cc1. The number of azide groups is 1. The lowest BCUT2D eigenvalue weighted by atomic mass is 9.89. The van der Waals surface area contributed by atoms with Gasteiger partial charge in [-0.15, -0.1) is 0 Å². The van der Waals surface area contributed by atoms with Crippen molar-refractivity contribution in [2.75, 3.05) is 0 Å². The Balaban J connectivity index is 1.83. The van der Waals surface area contributed by atoms with Crippen LogP contribution in [-0.2, 0) is 6.54 Å². The molecule has 170 valence electrons. The van der Waals surface area contributed by atoms with Crippen LogP contribution in [0.4, 0.5) is 0 Å². The highest BCUT2D eigenvalue weighted by Crippen LogP contribution is 2.55. The lowest BCUT2D eigenvalue weighted by Crippen LogP contribution is -2.28. The Hall–Kier alpha value is -4.11. The summed E-state index contributed by atoms with van der Waals surface area (Å²) in [6.07, 6.45) is 0. The fourth-order valence-corrected chi connectivity index (χ4v) is 9.11. The zero-order chi connectivity index (χ0) is 24.3. The maximum absolute atomic E-state index is 8.71. The Morgan fingerprint density at radius 2 is 0.971 bits per heavy atom. The molecule has 0 saturated heterocycles. The highest BCUT2D eigenvalue weighted by atomic mass is 28.3. The zero-order valence-corrected chi connectivity index (χ0v) is 21.0. The number of allylic oxidation sites excluding steroid dienone is 2. The van der Waals surface area contributed by atoms with E-state index in [1.807, 2.05) is 0 Å². The topological polar surface area (TPSA) is 48.8 Å². The normalized spacial score (nSPS) is 14.7. The fourth-order valence-electron chi connectivity index (χ4n) is 5.29. The summed E-state index contributed by atoms with van der Waals surface area (Å²) < 4.78 is 0. The van der Waals surface area contributed by atoms with Gasteiger partial charge in [-0.3, -0.25) is 0 Å². The Kier molecular flexibility index (Phi) is 6.24. The zero-order valence-electron chi connectivity index (χ0n) is 20.0. The van der Waals surface area contributed by atoms with E-state index in [9.17, 15) is 0 Å². The first-order valence-electron chi connectivity index (χ1n) is 11.9. The summed E-state index contributed by atoms with van der Waals surface area (Å²) in [4.78, 5) is 2.91. The molecular weight excluding hydrogens is 442 g/mol. The average Bonchev–Trinajstić information content (AvgIpc) is 3.16. The van der Waals surface area contributed by atoms with Crippen molar-refractivity contribution in [2.24, 2.45) is 5.11 Å². The van der Waals surface area contributed by atoms with Gasteiger partial charge in [-0.05, 0) is 54.9 Å². The molecule has 0 fully saturated rings. The van der Waals surface area contributed by atoms with Crippen molar-refractivity contribution in [3.05, 3.63) is 154 Å². The van der Waals surface area contributed by atoms with E-state index in [-0.39, 0.29) is 0 Å². The molecular formula is C31H27N3Si. The molecule has 0 bridgehead atoms. The van der Waals surface area contributed by atoms with Crippen LogP contribution >= 0.6 is 0 Å². The molecule has 5 rings (SSSR count). The quantitative estimate of drug-likeness (QED) is 0.117. The van der Waals surface area contributed by atoms with Gasteiger partial charge in [0.05, 0.1) is 6.54 Å². The fraction of sp³-hybridized carbons (Fsp3) is 0.0968. The summed E-state index contributed by atoms with van der Waals surface area (Å²) in [5.74, 6) is 0. The van der Waals surface area contributed by atoms with Crippen molar-refractivity contribution in [1.82, 2.24) is 0 Å². The molecule has 0 amide bonds. The molecule has 1 aliphatic rings. The van der Waals surface area contributed by atoms with E-state index in [4.69, 9.17) is 5.53 Å². The minimum absolute atomic E-state index is 0.366. The van der Waals surface area contributed by atoms with Gasteiger partial charge in [0.25, 0.3) is 0 Å². The Labute approximate surface area is 207 Å². The van der Waals surface area contributed by atoms with Gasteiger partial charge in [0, 0.05) is 4.91 Å². The number of benzene rings is 4. The second-order valence-corrected chi connectivity index (χ2v) is 13.6. The summed E-state index contributed by atoms with van der Waals surface area (Å²) in [6.45, 7) is 5.31. The maximum atomic E-state index is 8.71. The summed E-state index contributed by atoms with van der Waals surface area (Å²) in [6, 6.07) is 41.0. The van der Waals surface area contributed by atoms with Crippen LogP contribution in [0, 0.1) is 0 Å². The van der Waals surface area contributed by atoms with Crippen LogP contribution in [0.25, 0.3) is 32.0 Å². The molecule has 0 atom stereocenters. The molecule has 0 aliphatic carbocycles.